The molecule has 1 amide bonds. The van der Waals surface area contributed by atoms with Crippen LogP contribution in [0.1, 0.15) is 54.2 Å². The molecular weight excluding hydrogens is 2120 g/mol. The minimum absolute atomic E-state index is 0.0168. The van der Waals surface area contributed by atoms with Gasteiger partial charge >= 0.3 is 46.9 Å². The van der Waals surface area contributed by atoms with Gasteiger partial charge in [-0.25, -0.2) is 67.3 Å². The van der Waals surface area contributed by atoms with E-state index in [9.17, 15) is 108 Å². The van der Waals surface area contributed by atoms with E-state index in [4.69, 9.17) is 121 Å². The number of carbonyl (C=O) groups is 1. The van der Waals surface area contributed by atoms with Gasteiger partial charge in [-0.2, -0.15) is 15.0 Å². The number of H-pyrrole nitrogens is 2. The Kier molecular flexibility index (Phi) is 34.9. The summed E-state index contributed by atoms with van der Waals surface area (Å²) >= 11 is 5.99. The number of amides is 1. The maximum Gasteiger partial charge on any atom is 0.469 e. The summed E-state index contributed by atoms with van der Waals surface area (Å²) in [5.74, 6) is 0.318. The number of phosphoric ester groups is 6. The molecule has 32 N–H and O–H groups in total. The zero-order valence-corrected chi connectivity index (χ0v) is 81.1. The van der Waals surface area contributed by atoms with E-state index in [1.54, 1.807) is 39.1 Å². The summed E-state index contributed by atoms with van der Waals surface area (Å²) < 4.78 is 136. The van der Waals surface area contributed by atoms with Crippen molar-refractivity contribution in [2.75, 3.05) is 68.9 Å². The number of aromatic amines is 2. The molecular formula is C69H94ClN23O47P6. The van der Waals surface area contributed by atoms with Crippen LogP contribution in [0.4, 0.5) is 23.4 Å². The van der Waals surface area contributed by atoms with Gasteiger partial charge in [0.15, 0.2) is 76.3 Å². The third-order valence-corrected chi connectivity index (χ3v) is 25.5. The van der Waals surface area contributed by atoms with Crippen LogP contribution in [-0.4, -0.2) is 381 Å². The molecule has 0 saturated carbocycles. The summed E-state index contributed by atoms with van der Waals surface area (Å²) in [5.41, 5.74) is 18.0. The minimum Gasteiger partial charge on any atom is -0.479 e. The number of nitrogens with one attached hydrogen (secondary N) is 2. The maximum atomic E-state index is 12.2. The lowest BCUT2D eigenvalue weighted by Gasteiger charge is -2.26. The van der Waals surface area contributed by atoms with Crippen LogP contribution in [0.25, 0.3) is 55.6 Å². The Bertz CT molecular complexity index is 7090. The van der Waals surface area contributed by atoms with Gasteiger partial charge in [-0.1, -0.05) is 11.6 Å². The number of hydrogen-bond acceptors (Lipinski definition) is 49. The predicted molar refractivity (Wildman–Crippen MR) is 477 cm³/mol. The number of aliphatic hydroxyl groups is 12. The molecule has 0 spiro atoms. The number of nitrogens with zero attached hydrogens (tertiary/aromatic N) is 18. The first-order chi connectivity index (χ1) is 68.0. The molecule has 7 aliphatic heterocycles. The first-order valence-corrected chi connectivity index (χ1v) is 51.2. The number of rotatable bonds is 25. The molecule has 77 heteroatoms. The third kappa shape index (κ3) is 26.0. The molecule has 0 unspecified atom stereocenters. The first-order valence-electron chi connectivity index (χ1n) is 41.6. The van der Waals surface area contributed by atoms with E-state index in [1.165, 1.54) is 74.4 Å². The van der Waals surface area contributed by atoms with Gasteiger partial charge in [0.25, 0.3) is 16.7 Å². The Labute approximate surface area is 816 Å². The molecule has 0 radical (unpaired) electrons. The van der Waals surface area contributed by atoms with Crippen LogP contribution in [0.3, 0.4) is 0 Å². The number of aryl methyl sites for hydroxylation is 3. The van der Waals surface area contributed by atoms with Crippen molar-refractivity contribution in [3.8, 4) is 5.88 Å². The predicted octanol–water partition coefficient (Wildman–Crippen LogP) is -9.27. The third-order valence-electron chi connectivity index (χ3n) is 22.3. The van der Waals surface area contributed by atoms with Gasteiger partial charge in [0.1, 0.15) is 144 Å². The zero-order valence-electron chi connectivity index (χ0n) is 75.0. The fraction of sp³-hybridized carbons (Fsp3) is 0.522. The van der Waals surface area contributed by atoms with Crippen LogP contribution >= 0.6 is 58.5 Å². The van der Waals surface area contributed by atoms with Crippen LogP contribution in [0.2, 0.25) is 5.15 Å². The lowest BCUT2D eigenvalue weighted by Crippen LogP contribution is -2.46. The van der Waals surface area contributed by atoms with Gasteiger partial charge in [-0.15, -0.1) is 0 Å². The Hall–Kier alpha value is -9.66. The molecule has 11 aromatic heterocycles. The number of fused-ring (bicyclic) bond motifs is 6. The van der Waals surface area contributed by atoms with Crippen molar-refractivity contribution in [3.63, 3.8) is 0 Å². The number of halogens is 1. The molecule has 18 heterocycles. The zero-order chi connectivity index (χ0) is 107. The van der Waals surface area contributed by atoms with Crippen molar-refractivity contribution < 1.29 is 212 Å². The summed E-state index contributed by atoms with van der Waals surface area (Å²) in [7, 11) is -25.6. The molecule has 70 nitrogen and oxygen atoms in total. The summed E-state index contributed by atoms with van der Waals surface area (Å²) in [5, 5.41) is 122. The number of carbonyl (C=O) groups excluding carboxylic acids is 1. The second-order valence-electron chi connectivity index (χ2n) is 32.3. The highest BCUT2D eigenvalue weighted by molar-refractivity contribution is 7.47. The number of aromatic nitrogens is 19. The molecule has 6 fully saturated rings. The highest BCUT2D eigenvalue weighted by Gasteiger charge is 2.54. The smallest absolute Gasteiger partial charge is 0.469 e. The lowest BCUT2D eigenvalue weighted by atomic mass is 10.1. The Morgan fingerprint density at radius 2 is 0.753 bits per heavy atom. The number of pyridine rings is 1. The summed E-state index contributed by atoms with van der Waals surface area (Å²) in [6.07, 6.45) is -23.1. The molecule has 24 atom stereocenters. The van der Waals surface area contributed by atoms with Gasteiger partial charge in [0.2, 0.25) is 23.7 Å². The number of anilines is 4. The van der Waals surface area contributed by atoms with E-state index < -0.39 is 251 Å². The van der Waals surface area contributed by atoms with Gasteiger partial charge < -0.3 is 184 Å². The fourth-order valence-corrected chi connectivity index (χ4v) is 17.8. The molecule has 804 valence electrons. The highest BCUT2D eigenvalue weighted by atomic mass is 35.5. The van der Waals surface area contributed by atoms with E-state index in [0.29, 0.717) is 56.5 Å². The quantitative estimate of drug-likeness (QED) is 0.0187. The van der Waals surface area contributed by atoms with Gasteiger partial charge in [-0.3, -0.25) is 74.5 Å². The maximum absolute atomic E-state index is 12.2. The highest BCUT2D eigenvalue weighted by Crippen LogP contribution is 2.47. The molecule has 0 aliphatic carbocycles. The van der Waals surface area contributed by atoms with Gasteiger partial charge in [0, 0.05) is 36.7 Å². The molecule has 18 rings (SSSR count). The van der Waals surface area contributed by atoms with E-state index in [-0.39, 0.29) is 68.5 Å². The molecule has 0 aromatic carbocycles. The molecule has 7 aliphatic rings. The van der Waals surface area contributed by atoms with Crippen molar-refractivity contribution in [3.05, 3.63) is 115 Å². The Balaban J connectivity index is 0.000000147. The van der Waals surface area contributed by atoms with Crippen molar-refractivity contribution in [2.45, 2.75) is 174 Å². The Morgan fingerprint density at radius 3 is 1.16 bits per heavy atom. The van der Waals surface area contributed by atoms with Crippen LogP contribution < -0.4 is 43.5 Å². The van der Waals surface area contributed by atoms with Crippen molar-refractivity contribution in [1.29, 1.82) is 0 Å². The molecule has 6 saturated heterocycles. The van der Waals surface area contributed by atoms with E-state index >= 15 is 0 Å². The first kappa shape index (κ1) is 113. The number of nitrogens with two attached hydrogens (primary N) is 3. The fourth-order valence-electron chi connectivity index (χ4n) is 15.4. The number of imidazole rings is 3. The molecule has 11 aromatic rings. The number of hydrogen-bond donors (Lipinski definition) is 29. The van der Waals surface area contributed by atoms with Crippen LogP contribution in [0.5, 0.6) is 5.88 Å². The topological polar surface area (TPSA) is 1060 Å². The Morgan fingerprint density at radius 1 is 0.404 bits per heavy atom. The van der Waals surface area contributed by atoms with Crippen LogP contribution in [-0.2, 0) is 101 Å². The number of aliphatic hydroxyl groups excluding tert-OH is 12. The number of methoxy groups -OCH3 is 1. The SMILES string of the molecule is COc1nc(C)nc2c1ncn2[C@@H]1O[C@H](COP(=O)(O)O)[C@@H](O)[C@H]1O.Cc1nc(Cl)c2ncn([C@@H]3O[C@H](COP(=O)(O)O)[C@@H](O)[C@H]3O)c2n1.Cc1nc2c(ccn2[C@@H]2O[C@H](COP(=O)(O)O)[C@@H](O)[C@H]2O)c(=O)[nH]1.Cn1c(N)nc2c(ncn2[C@@H]2O[C@H](COP(=O)(O)O)[C@@H](O)[C@H]2O)c1=O.Nc1ccnc2c1ccn2[C@@H]1O[C@H](COP(=O)(O)O)[C@@H](O)[C@H]1O.Nc1nc2c(c(=O)[nH]1)CC(=O)N2[C@@H]1O[C@H](COP(=O)(O)O)[C@@H](O)[C@H]1O. The number of nitrogen functional groups attached to an aromatic ring is 3. The minimum atomic E-state index is -4.82. The second kappa shape index (κ2) is 44.9. The van der Waals surface area contributed by atoms with E-state index in [2.05, 4.69) is 91.9 Å². The van der Waals surface area contributed by atoms with Crippen molar-refractivity contribution in [1.82, 2.24) is 92.2 Å². The molecule has 0 bridgehead atoms. The van der Waals surface area contributed by atoms with Crippen LogP contribution in [0.15, 0.2) is 70.2 Å². The monoisotopic (exact) mass is 2220 g/mol. The largest absolute Gasteiger partial charge is 0.479 e. The van der Waals surface area contributed by atoms with Gasteiger partial charge in [0.05, 0.1) is 83.1 Å². The summed E-state index contributed by atoms with van der Waals surface area (Å²) in [6, 6.07) is 4.81. The van der Waals surface area contributed by atoms with E-state index in [1.807, 2.05) is 0 Å². The lowest BCUT2D eigenvalue weighted by molar-refractivity contribution is -0.121. The number of ether oxygens (including phenoxy) is 7. The van der Waals surface area contributed by atoms with E-state index in [0.717, 1.165) is 9.47 Å². The standard InChI is InChI=1S/C12H17N4O8P.C12H16N3O8P.C12H16N3O7P.C11H14ClN4O7P.C11H16N5O8P.C11H15N4O9P/c1-5-14-10-7(11(15-5)22-2)13-4-16(10)12-9(18)8(17)6(24-12)3-23-25(19,20)21;1-5-13-10-6(11(18)14-5)2-3-15(10)12-9(17)8(16)7(23-12)4-22-24(19,20)21;13-7-1-3-14-11-6(7)2-4-15(11)12-10(17)9(16)8(22-12)5-21-23(18,19)20;1-4-14-9(12)6-10(15-4)16(3-13-6)11-8(18)7(17)5(23-11)2-22-24(19,20)21;1-15-9(19)5-8(14-11(15)12)16(3-13-5)10-7(18)6(17)4(24-10)2-23-25(20,21)22;12-11-13-8-3(9(19)14-11)1-5(16)15(8)10-7(18)6(17)4(24-10)2-23-25(20,21)22/h4,6,8-9,12,17-18H,3H2,1-2H3,(H2,19,20,21);2-3,7-9,12,16-17H,4H2,1H3,(H,13,14,18)(H2,19,20,21);1-4,8-10,12,16-17H,5H2,(H2,13,14)(H2,18,19,20);3,5,7-8,11,17-18H,2H2,1H3,(H2,19,20,21);3-4,6-7,10,17-18H,2H2,1H3,(H2,12,14)(H2,20,21,22);4,6-7,10,17-18H,1-2H2,(H2,20,21,22)(H3,12,13,14,19)/t6-,8-,9-,12-;7-,8-,9-,12-;8-,9-,10-,12-;5-,7-,8-,11-;2*4-,6-,7-,10-/m111111/s1. The average molecular weight is 2220 g/mol. The second-order valence-corrected chi connectivity index (χ2v) is 40.1. The molecule has 146 heavy (non-hydrogen) atoms. The number of phosphoric acid groups is 6. The van der Waals surface area contributed by atoms with Crippen molar-refractivity contribution in [2.24, 2.45) is 7.05 Å². The summed E-state index contributed by atoms with van der Waals surface area (Å²) in [4.78, 5) is 203. The summed E-state index contributed by atoms with van der Waals surface area (Å²) in [6.45, 7) is 1.14. The van der Waals surface area contributed by atoms with Gasteiger partial charge in [-0.05, 0) is 39.0 Å². The normalized spacial score (nSPS) is 28.0. The van der Waals surface area contributed by atoms with Crippen LogP contribution in [0, 0.1) is 20.8 Å². The van der Waals surface area contributed by atoms with Crippen molar-refractivity contribution >= 4 is 143 Å². The average Bonchev–Trinajstić information content (AvgIpc) is 1.60.